The van der Waals surface area contributed by atoms with Crippen molar-refractivity contribution < 1.29 is 23.0 Å². The number of halogens is 2. The average Bonchev–Trinajstić information content (AvgIpc) is 2.48. The second-order valence-corrected chi connectivity index (χ2v) is 10.6. The van der Waals surface area contributed by atoms with E-state index in [4.69, 9.17) is 24.1 Å². The van der Waals surface area contributed by atoms with E-state index in [2.05, 4.69) is 0 Å². The number of ketones is 1. The molecule has 5 heteroatoms. The van der Waals surface area contributed by atoms with Crippen molar-refractivity contribution >= 4 is 29.8 Å². The topological polar surface area (TPSA) is 26.3 Å². The van der Waals surface area contributed by atoms with Gasteiger partial charge in [-0.3, -0.25) is 0 Å². The molecule has 0 bridgehead atoms. The molecule has 2 rings (SSSR count). The van der Waals surface area contributed by atoms with Crippen LogP contribution in [0.3, 0.4) is 0 Å². The van der Waals surface area contributed by atoms with Crippen LogP contribution in [0.15, 0.2) is 48.5 Å². The molecule has 0 aliphatic carbocycles. The first-order valence-corrected chi connectivity index (χ1v) is 12.2. The Bertz CT molecular complexity index is 693. The summed E-state index contributed by atoms with van der Waals surface area (Å²) in [5, 5.41) is 0. The van der Waals surface area contributed by atoms with Crippen LogP contribution < -0.4 is 4.74 Å². The van der Waals surface area contributed by atoms with Gasteiger partial charge in [0.15, 0.2) is 0 Å². The van der Waals surface area contributed by atoms with Crippen LogP contribution in [0.25, 0.3) is 0 Å². The average molecular weight is 424 g/mol. The summed E-state index contributed by atoms with van der Waals surface area (Å²) in [5.74, 6) is 0.661. The molecule has 2 aromatic carbocycles. The van der Waals surface area contributed by atoms with E-state index in [0.29, 0.717) is 16.9 Å². The van der Waals surface area contributed by atoms with Crippen molar-refractivity contribution in [1.29, 1.82) is 0 Å². The molecule has 0 unspecified atom stereocenters. The van der Waals surface area contributed by atoms with Gasteiger partial charge in [-0.2, -0.15) is 0 Å². The van der Waals surface area contributed by atoms with Crippen molar-refractivity contribution in [3.05, 3.63) is 65.2 Å². The van der Waals surface area contributed by atoms with Crippen LogP contribution in [0.2, 0.25) is 0 Å². The fourth-order valence-electron chi connectivity index (χ4n) is 1.97. The van der Waals surface area contributed by atoms with Gasteiger partial charge in [0.2, 0.25) is 0 Å². The zero-order valence-electron chi connectivity index (χ0n) is 12.2. The van der Waals surface area contributed by atoms with Crippen LogP contribution in [0.1, 0.15) is 35.3 Å². The summed E-state index contributed by atoms with van der Waals surface area (Å²) in [7, 11) is 12.0. The predicted molar refractivity (Wildman–Crippen MR) is 89.0 cm³/mol. The fraction of sp³-hybridized carbons (Fsp3) is 0.176. The van der Waals surface area contributed by atoms with E-state index in [1.807, 2.05) is 32.0 Å². The molecule has 0 N–H and O–H groups in total. The maximum absolute atomic E-state index is 12.5. The van der Waals surface area contributed by atoms with E-state index in [1.165, 1.54) is 0 Å². The molecule has 0 radical (unpaired) electrons. The number of hydrogen-bond donors (Lipinski definition) is 0. The van der Waals surface area contributed by atoms with E-state index in [0.717, 1.165) is 5.56 Å². The molecule has 0 saturated heterocycles. The van der Waals surface area contributed by atoms with Crippen LogP contribution in [0.5, 0.6) is 5.75 Å². The fourth-order valence-corrected chi connectivity index (χ4v) is 3.75. The normalized spacial score (nSPS) is 11.2. The number of carbonyl (C=O) groups excluding carboxylic acids is 1. The first-order chi connectivity index (χ1) is 10.5. The Labute approximate surface area is 143 Å². The van der Waals surface area contributed by atoms with Gasteiger partial charge in [-0.15, -0.1) is 0 Å². The van der Waals surface area contributed by atoms with Crippen molar-refractivity contribution in [2.45, 2.75) is 20.0 Å². The Morgan fingerprint density at radius 2 is 1.77 bits per heavy atom. The van der Waals surface area contributed by atoms with Gasteiger partial charge in [-0.25, -0.2) is 0 Å². The molecule has 2 nitrogen and oxygen atoms in total. The number of benzene rings is 2. The zero-order valence-corrected chi connectivity index (χ0v) is 15.4. The standard InChI is InChI=1S/C17H16O2.2ClH.Ru/c1-12(2)19-16-10-9-15(11-13(16)3)17(18)14-7-5-4-6-8-14;;;/h3-12H,1-2H3;2*1H;/q;;;+2/p-2. The summed E-state index contributed by atoms with van der Waals surface area (Å²) in [4.78, 5) is 12.5. The Kier molecular flexibility index (Phi) is 6.31. The molecule has 0 aliphatic rings. The summed E-state index contributed by atoms with van der Waals surface area (Å²) in [5.41, 5.74) is 2.02. The van der Waals surface area contributed by atoms with Gasteiger partial charge in [-0.1, -0.05) is 0 Å². The summed E-state index contributed by atoms with van der Waals surface area (Å²) in [6.07, 6.45) is 0.0362. The third-order valence-corrected chi connectivity index (χ3v) is 4.69. The van der Waals surface area contributed by atoms with Crippen LogP contribution in [0, 0.1) is 0 Å². The summed E-state index contributed by atoms with van der Waals surface area (Å²) in [6.45, 7) is 3.90. The van der Waals surface area contributed by atoms with E-state index >= 15 is 0 Å². The van der Waals surface area contributed by atoms with Gasteiger partial charge < -0.3 is 0 Å². The second-order valence-electron chi connectivity index (χ2n) is 4.92. The Morgan fingerprint density at radius 3 is 2.36 bits per heavy atom. The monoisotopic (exact) mass is 424 g/mol. The van der Waals surface area contributed by atoms with Crippen molar-refractivity contribution in [3.63, 3.8) is 0 Å². The van der Waals surface area contributed by atoms with E-state index in [9.17, 15) is 4.79 Å². The maximum atomic E-state index is 12.5. The van der Waals surface area contributed by atoms with Crippen LogP contribution in [-0.2, 0) is 13.5 Å². The van der Waals surface area contributed by atoms with Gasteiger partial charge in [0.1, 0.15) is 0 Å². The van der Waals surface area contributed by atoms with E-state index in [1.54, 1.807) is 34.9 Å². The summed E-state index contributed by atoms with van der Waals surface area (Å²) < 4.78 is 7.55. The van der Waals surface area contributed by atoms with Gasteiger partial charge in [0.05, 0.1) is 0 Å². The summed E-state index contributed by atoms with van der Waals surface area (Å²) in [6, 6.07) is 14.5. The SMILES string of the molecule is CC(C)Oc1ccc(C(=O)c2ccccc2)cc1[CH]=[Ru]([Cl])[Cl]. The Hall–Kier alpha value is -1.02. The van der Waals surface area contributed by atoms with Crippen molar-refractivity contribution in [1.82, 2.24) is 0 Å². The molecule has 0 aromatic heterocycles. The molecular formula is C17H16Cl2O2Ru. The first kappa shape index (κ1) is 17.3. The van der Waals surface area contributed by atoms with Crippen LogP contribution in [-0.4, -0.2) is 16.5 Å². The number of rotatable bonds is 5. The molecule has 118 valence electrons. The van der Waals surface area contributed by atoms with Gasteiger partial charge in [-0.05, 0) is 0 Å². The molecule has 22 heavy (non-hydrogen) atoms. The molecule has 0 heterocycles. The minimum atomic E-state index is -2.01. The zero-order chi connectivity index (χ0) is 16.1. The first-order valence-electron chi connectivity index (χ1n) is 6.71. The molecule has 0 spiro atoms. The summed E-state index contributed by atoms with van der Waals surface area (Å²) >= 11 is -2.01. The minimum absolute atomic E-state index is 0.0331. The van der Waals surface area contributed by atoms with Crippen LogP contribution in [0.4, 0.5) is 0 Å². The van der Waals surface area contributed by atoms with Gasteiger partial charge in [0, 0.05) is 0 Å². The molecule has 0 amide bonds. The molecule has 2 aromatic rings. The number of carbonyl (C=O) groups is 1. The van der Waals surface area contributed by atoms with Crippen LogP contribution >= 0.6 is 19.4 Å². The molecule has 0 aliphatic heterocycles. The molecule has 0 saturated carbocycles. The molecular weight excluding hydrogens is 408 g/mol. The number of ether oxygens (including phenoxy) is 1. The Balaban J connectivity index is 2.42. The predicted octanol–water partition coefficient (Wildman–Crippen LogP) is 4.78. The Morgan fingerprint density at radius 1 is 1.09 bits per heavy atom. The third-order valence-electron chi connectivity index (χ3n) is 2.86. The van der Waals surface area contributed by atoms with Gasteiger partial charge in [0.25, 0.3) is 0 Å². The molecule has 0 fully saturated rings. The van der Waals surface area contributed by atoms with Crippen molar-refractivity contribution in [2.24, 2.45) is 0 Å². The van der Waals surface area contributed by atoms with Gasteiger partial charge >= 0.3 is 144 Å². The quantitative estimate of drug-likeness (QED) is 0.510. The second kappa shape index (κ2) is 8.01. The van der Waals surface area contributed by atoms with Crippen molar-refractivity contribution in [3.8, 4) is 5.75 Å². The number of hydrogen-bond acceptors (Lipinski definition) is 2. The van der Waals surface area contributed by atoms with Crippen molar-refractivity contribution in [2.75, 3.05) is 0 Å². The molecule has 0 atom stereocenters. The van der Waals surface area contributed by atoms with E-state index < -0.39 is 13.5 Å². The van der Waals surface area contributed by atoms with E-state index in [-0.39, 0.29) is 11.9 Å². The third kappa shape index (κ3) is 4.74.